The topological polar surface area (TPSA) is 124 Å². The van der Waals surface area contributed by atoms with Gasteiger partial charge in [-0.2, -0.15) is 8.42 Å². The summed E-state index contributed by atoms with van der Waals surface area (Å²) in [5.41, 5.74) is 0. The number of hydrogen-bond donors (Lipinski definition) is 4. The third-order valence-corrected chi connectivity index (χ3v) is 6.17. The van der Waals surface area contributed by atoms with Crippen molar-refractivity contribution in [2.45, 2.75) is 23.9 Å². The molecule has 0 aromatic heterocycles. The summed E-state index contributed by atoms with van der Waals surface area (Å²) in [6.45, 7) is 0.158. The first kappa shape index (κ1) is 12.1. The molecule has 1 atom stereocenters. The monoisotopic (exact) mass is 245 g/mol. The predicted molar refractivity (Wildman–Crippen MR) is 48.2 cm³/mol. The summed E-state index contributed by atoms with van der Waals surface area (Å²) < 4.78 is 39.3. The first-order valence-corrected chi connectivity index (χ1v) is 7.04. The van der Waals surface area contributed by atoms with Crippen molar-refractivity contribution in [1.29, 1.82) is 0 Å². The van der Waals surface area contributed by atoms with Gasteiger partial charge in [0.25, 0.3) is 10.1 Å². The van der Waals surface area contributed by atoms with Crippen LogP contribution in [0.1, 0.15) is 19.3 Å². The minimum Gasteiger partial charge on any atom is -0.322 e. The van der Waals surface area contributed by atoms with Gasteiger partial charge in [-0.15, -0.1) is 0 Å². The van der Waals surface area contributed by atoms with Gasteiger partial charge < -0.3 is 9.79 Å². The Morgan fingerprint density at radius 1 is 1.29 bits per heavy atom. The van der Waals surface area contributed by atoms with Gasteiger partial charge in [0.2, 0.25) is 4.61 Å². The zero-order valence-electron chi connectivity index (χ0n) is 7.25. The molecular formula is C5H12NO6PS. The van der Waals surface area contributed by atoms with E-state index in [1.807, 2.05) is 0 Å². The summed E-state index contributed by atoms with van der Waals surface area (Å²) in [6, 6.07) is 0. The summed E-state index contributed by atoms with van der Waals surface area (Å²) >= 11 is 0. The standard InChI is InChI=1S/C5H12NO6PS/c7-13(8,9)5(14(10,11)12)3-1-2-4-6-5/h6H,1-4H2,(H2,7,8,9)(H,10,11,12). The van der Waals surface area contributed by atoms with Gasteiger partial charge in [-0.05, 0) is 25.8 Å². The summed E-state index contributed by atoms with van der Waals surface area (Å²) in [7, 11) is -9.76. The fraction of sp³-hybridized carbons (Fsp3) is 1.00. The maximum absolute atomic E-state index is 11.0. The molecule has 14 heavy (non-hydrogen) atoms. The van der Waals surface area contributed by atoms with Crippen LogP contribution < -0.4 is 5.32 Å². The molecule has 1 aliphatic heterocycles. The Morgan fingerprint density at radius 3 is 2.07 bits per heavy atom. The highest BCUT2D eigenvalue weighted by Gasteiger charge is 2.57. The summed E-state index contributed by atoms with van der Waals surface area (Å²) in [5.74, 6) is 0. The Hall–Kier alpha value is 0.0200. The second kappa shape index (κ2) is 3.55. The molecule has 0 radical (unpaired) electrons. The smallest absolute Gasteiger partial charge is 0.322 e. The Bertz CT molecular complexity index is 352. The van der Waals surface area contributed by atoms with Gasteiger partial charge in [-0.1, -0.05) is 0 Å². The zero-order chi connectivity index (χ0) is 11.0. The largest absolute Gasteiger partial charge is 0.363 e. The molecule has 1 rings (SSSR count). The fourth-order valence-corrected chi connectivity index (χ4v) is 4.14. The minimum atomic E-state index is -4.94. The van der Waals surface area contributed by atoms with E-state index in [0.717, 1.165) is 0 Å². The van der Waals surface area contributed by atoms with Crippen molar-refractivity contribution < 1.29 is 27.3 Å². The van der Waals surface area contributed by atoms with Crippen LogP contribution in [0.3, 0.4) is 0 Å². The van der Waals surface area contributed by atoms with Crippen LogP contribution in [0.4, 0.5) is 0 Å². The minimum absolute atomic E-state index is 0.158. The molecule has 4 N–H and O–H groups in total. The van der Waals surface area contributed by atoms with Gasteiger partial charge in [-0.25, -0.2) is 0 Å². The number of nitrogens with one attached hydrogen (secondary N) is 1. The highest BCUT2D eigenvalue weighted by Crippen LogP contribution is 2.55. The van der Waals surface area contributed by atoms with Gasteiger partial charge in [0.15, 0.2) is 0 Å². The van der Waals surface area contributed by atoms with Crippen LogP contribution in [0.2, 0.25) is 0 Å². The van der Waals surface area contributed by atoms with Crippen molar-refractivity contribution in [2.24, 2.45) is 0 Å². The van der Waals surface area contributed by atoms with E-state index in [9.17, 15) is 13.0 Å². The van der Waals surface area contributed by atoms with Gasteiger partial charge in [0, 0.05) is 0 Å². The second-order valence-corrected chi connectivity index (χ2v) is 6.99. The van der Waals surface area contributed by atoms with Gasteiger partial charge in [-0.3, -0.25) is 14.4 Å². The van der Waals surface area contributed by atoms with Crippen LogP contribution in [0, 0.1) is 0 Å². The van der Waals surface area contributed by atoms with Crippen LogP contribution in [0.5, 0.6) is 0 Å². The maximum Gasteiger partial charge on any atom is 0.363 e. The molecule has 0 aromatic carbocycles. The van der Waals surface area contributed by atoms with Crippen LogP contribution in [0.25, 0.3) is 0 Å². The molecule has 1 saturated heterocycles. The molecule has 0 amide bonds. The molecule has 1 fully saturated rings. The predicted octanol–water partition coefficient (Wildman–Crippen LogP) is -0.521. The molecule has 0 saturated carbocycles. The van der Waals surface area contributed by atoms with Crippen LogP contribution >= 0.6 is 7.60 Å². The molecular weight excluding hydrogens is 233 g/mol. The summed E-state index contributed by atoms with van der Waals surface area (Å²) in [5, 5.41) is 2.21. The lowest BCUT2D eigenvalue weighted by molar-refractivity contribution is 0.294. The highest BCUT2D eigenvalue weighted by atomic mass is 32.2. The second-order valence-electron chi connectivity index (χ2n) is 3.19. The van der Waals surface area contributed by atoms with E-state index in [1.54, 1.807) is 0 Å². The van der Waals surface area contributed by atoms with Crippen LogP contribution in [0.15, 0.2) is 0 Å². The van der Waals surface area contributed by atoms with E-state index in [2.05, 4.69) is 5.32 Å². The average molecular weight is 245 g/mol. The van der Waals surface area contributed by atoms with Crippen molar-refractivity contribution in [2.75, 3.05) is 6.54 Å². The van der Waals surface area contributed by atoms with Crippen molar-refractivity contribution >= 4 is 17.7 Å². The Balaban J connectivity index is 3.22. The van der Waals surface area contributed by atoms with E-state index in [1.165, 1.54) is 0 Å². The molecule has 7 nitrogen and oxygen atoms in total. The number of rotatable bonds is 2. The first-order chi connectivity index (χ1) is 6.21. The summed E-state index contributed by atoms with van der Waals surface area (Å²) in [4.78, 5) is 17.9. The van der Waals surface area contributed by atoms with Crippen LogP contribution in [-0.4, -0.2) is 33.9 Å². The molecule has 0 aromatic rings. The normalized spacial score (nSPS) is 30.2. The van der Waals surface area contributed by atoms with Gasteiger partial charge in [0.1, 0.15) is 0 Å². The van der Waals surface area contributed by atoms with Gasteiger partial charge >= 0.3 is 7.60 Å². The van der Waals surface area contributed by atoms with E-state index >= 15 is 0 Å². The molecule has 1 aliphatic rings. The number of piperidine rings is 1. The van der Waals surface area contributed by atoms with Gasteiger partial charge in [0.05, 0.1) is 0 Å². The molecule has 0 bridgehead atoms. The molecule has 1 heterocycles. The molecule has 0 spiro atoms. The van der Waals surface area contributed by atoms with Crippen molar-refractivity contribution in [1.82, 2.24) is 5.32 Å². The Morgan fingerprint density at radius 2 is 1.86 bits per heavy atom. The number of hydrogen-bond acceptors (Lipinski definition) is 4. The zero-order valence-corrected chi connectivity index (χ0v) is 8.96. The lowest BCUT2D eigenvalue weighted by atomic mass is 10.2. The Labute approximate surface area is 81.4 Å². The van der Waals surface area contributed by atoms with Crippen molar-refractivity contribution in [3.63, 3.8) is 0 Å². The molecule has 1 unspecified atom stereocenters. The van der Waals surface area contributed by atoms with E-state index < -0.39 is 22.3 Å². The quantitative estimate of drug-likeness (QED) is 0.381. The third-order valence-electron chi connectivity index (χ3n) is 2.24. The lowest BCUT2D eigenvalue weighted by Crippen LogP contribution is -2.53. The van der Waals surface area contributed by atoms with E-state index in [4.69, 9.17) is 14.3 Å². The van der Waals surface area contributed by atoms with Crippen LogP contribution in [-0.2, 0) is 14.7 Å². The highest BCUT2D eigenvalue weighted by molar-refractivity contribution is 7.94. The molecule has 84 valence electrons. The average Bonchev–Trinajstić information content (AvgIpc) is 2.02. The fourth-order valence-electron chi connectivity index (χ4n) is 1.48. The summed E-state index contributed by atoms with van der Waals surface area (Å²) in [6.07, 6.45) is 0.686. The molecule has 9 heteroatoms. The third kappa shape index (κ3) is 1.86. The SMILES string of the molecule is O=P(O)(O)C1(S(=O)(=O)O)CCCCN1. The van der Waals surface area contributed by atoms with E-state index in [0.29, 0.717) is 12.8 Å². The molecule has 0 aliphatic carbocycles. The van der Waals surface area contributed by atoms with Crippen molar-refractivity contribution in [3.05, 3.63) is 0 Å². The lowest BCUT2D eigenvalue weighted by Gasteiger charge is -2.35. The maximum atomic E-state index is 11.0. The Kier molecular flexibility index (Phi) is 3.07. The van der Waals surface area contributed by atoms with E-state index in [-0.39, 0.29) is 13.0 Å². The first-order valence-electron chi connectivity index (χ1n) is 3.98. The van der Waals surface area contributed by atoms with Crippen molar-refractivity contribution in [3.8, 4) is 0 Å².